The van der Waals surface area contributed by atoms with E-state index in [0.717, 1.165) is 38.6 Å². The Labute approximate surface area is 111 Å². The normalized spacial score (nSPS) is 27.2. The quantitative estimate of drug-likeness (QED) is 0.803. The summed E-state index contributed by atoms with van der Waals surface area (Å²) < 4.78 is 27.0. The molecule has 1 saturated carbocycles. The third-order valence-electron chi connectivity index (χ3n) is 4.20. The maximum absolute atomic E-state index is 12.1. The molecule has 1 aliphatic carbocycles. The number of sulfonamides is 1. The van der Waals surface area contributed by atoms with Crippen molar-refractivity contribution in [3.8, 4) is 0 Å². The highest BCUT2D eigenvalue weighted by Crippen LogP contribution is 2.23. The van der Waals surface area contributed by atoms with Crippen LogP contribution in [0, 0.1) is 0 Å². The van der Waals surface area contributed by atoms with Crippen molar-refractivity contribution >= 4 is 10.0 Å². The molecule has 2 fully saturated rings. The Kier molecular flexibility index (Phi) is 5.45. The third kappa shape index (κ3) is 4.21. The predicted molar refractivity (Wildman–Crippen MR) is 74.1 cm³/mol. The zero-order chi connectivity index (χ0) is 12.8. The highest BCUT2D eigenvalue weighted by Gasteiger charge is 2.26. The Morgan fingerprint density at radius 3 is 2.39 bits per heavy atom. The first kappa shape index (κ1) is 14.3. The zero-order valence-corrected chi connectivity index (χ0v) is 12.0. The lowest BCUT2D eigenvalue weighted by atomic mass is 10.0. The van der Waals surface area contributed by atoms with Gasteiger partial charge in [0.25, 0.3) is 0 Å². The average Bonchev–Trinajstić information content (AvgIpc) is 2.41. The van der Waals surface area contributed by atoms with Crippen molar-refractivity contribution in [3.05, 3.63) is 0 Å². The van der Waals surface area contributed by atoms with Gasteiger partial charge in [0.2, 0.25) is 10.0 Å². The summed E-state index contributed by atoms with van der Waals surface area (Å²) in [5, 5.41) is 3.32. The van der Waals surface area contributed by atoms with E-state index < -0.39 is 10.0 Å². The molecule has 1 heterocycles. The largest absolute Gasteiger partial charge is 0.314 e. The highest BCUT2D eigenvalue weighted by molar-refractivity contribution is 7.90. The molecule has 2 N–H and O–H groups in total. The molecule has 1 saturated heterocycles. The van der Waals surface area contributed by atoms with Gasteiger partial charge in [-0.2, -0.15) is 0 Å². The SMILES string of the molecule is O=S(=O)(NCCC1CCCCN1)C1CCCCC1. The molecule has 1 atom stereocenters. The molecular weight excluding hydrogens is 248 g/mol. The van der Waals surface area contributed by atoms with Crippen molar-refractivity contribution in [1.82, 2.24) is 10.0 Å². The molecule has 0 aromatic rings. The first-order valence-electron chi connectivity index (χ1n) is 7.40. The van der Waals surface area contributed by atoms with Crippen LogP contribution in [0.3, 0.4) is 0 Å². The molecule has 106 valence electrons. The summed E-state index contributed by atoms with van der Waals surface area (Å²) in [7, 11) is -3.06. The van der Waals surface area contributed by atoms with E-state index in [9.17, 15) is 8.42 Å². The predicted octanol–water partition coefficient (Wildman–Crippen LogP) is 1.77. The molecule has 1 unspecified atom stereocenters. The second kappa shape index (κ2) is 6.87. The van der Waals surface area contributed by atoms with E-state index in [1.807, 2.05) is 0 Å². The van der Waals surface area contributed by atoms with Gasteiger partial charge in [0.05, 0.1) is 5.25 Å². The van der Waals surface area contributed by atoms with E-state index in [0.29, 0.717) is 12.6 Å². The minimum Gasteiger partial charge on any atom is -0.314 e. The Morgan fingerprint density at radius 1 is 1.00 bits per heavy atom. The standard InChI is InChI=1S/C13H26N2O2S/c16-18(17,13-7-2-1-3-8-13)15-11-9-12-6-4-5-10-14-12/h12-15H,1-11H2. The number of piperidine rings is 1. The third-order valence-corrected chi connectivity index (χ3v) is 6.16. The van der Waals surface area contributed by atoms with Crippen molar-refractivity contribution in [2.45, 2.75) is 69.1 Å². The molecule has 2 rings (SSSR count). The summed E-state index contributed by atoms with van der Waals surface area (Å²) in [5.41, 5.74) is 0. The molecule has 0 amide bonds. The molecule has 18 heavy (non-hydrogen) atoms. The van der Waals surface area contributed by atoms with Gasteiger partial charge < -0.3 is 5.32 Å². The van der Waals surface area contributed by atoms with Crippen molar-refractivity contribution < 1.29 is 8.42 Å². The number of rotatable bonds is 5. The Bertz CT molecular complexity index is 331. The van der Waals surface area contributed by atoms with Gasteiger partial charge in [-0.1, -0.05) is 25.7 Å². The second-order valence-corrected chi connectivity index (χ2v) is 7.68. The van der Waals surface area contributed by atoms with Gasteiger partial charge in [0.15, 0.2) is 0 Å². The van der Waals surface area contributed by atoms with Crippen LogP contribution in [0.5, 0.6) is 0 Å². The van der Waals surface area contributed by atoms with Crippen molar-refractivity contribution in [2.24, 2.45) is 0 Å². The molecular formula is C13H26N2O2S. The van der Waals surface area contributed by atoms with Crippen molar-refractivity contribution in [3.63, 3.8) is 0 Å². The van der Waals surface area contributed by atoms with E-state index in [2.05, 4.69) is 10.0 Å². The van der Waals surface area contributed by atoms with E-state index in [1.54, 1.807) is 0 Å². The fourth-order valence-electron chi connectivity index (χ4n) is 3.04. The lowest BCUT2D eigenvalue weighted by Crippen LogP contribution is -2.40. The Hall–Kier alpha value is -0.130. The van der Waals surface area contributed by atoms with E-state index >= 15 is 0 Å². The van der Waals surface area contributed by atoms with Crippen LogP contribution in [-0.4, -0.2) is 32.8 Å². The van der Waals surface area contributed by atoms with Crippen molar-refractivity contribution in [2.75, 3.05) is 13.1 Å². The Morgan fingerprint density at radius 2 is 1.72 bits per heavy atom. The van der Waals surface area contributed by atoms with E-state index in [-0.39, 0.29) is 5.25 Å². The molecule has 4 nitrogen and oxygen atoms in total. The van der Waals surface area contributed by atoms with Gasteiger partial charge in [-0.25, -0.2) is 13.1 Å². The topological polar surface area (TPSA) is 58.2 Å². The summed E-state index contributed by atoms with van der Waals surface area (Å²) in [4.78, 5) is 0. The maximum atomic E-state index is 12.1. The molecule has 0 bridgehead atoms. The smallest absolute Gasteiger partial charge is 0.214 e. The van der Waals surface area contributed by atoms with Gasteiger partial charge in [0, 0.05) is 12.6 Å². The molecule has 0 radical (unpaired) electrons. The van der Waals surface area contributed by atoms with Gasteiger partial charge in [-0.05, 0) is 38.6 Å². The van der Waals surface area contributed by atoms with Crippen LogP contribution >= 0.6 is 0 Å². The van der Waals surface area contributed by atoms with Gasteiger partial charge >= 0.3 is 0 Å². The summed E-state index contributed by atoms with van der Waals surface area (Å²) in [6.07, 6.45) is 9.64. The van der Waals surface area contributed by atoms with Gasteiger partial charge in [0.1, 0.15) is 0 Å². The average molecular weight is 274 g/mol. The minimum absolute atomic E-state index is 0.134. The summed E-state index contributed by atoms with van der Waals surface area (Å²) >= 11 is 0. The lowest BCUT2D eigenvalue weighted by molar-refractivity contribution is 0.382. The number of hydrogen-bond donors (Lipinski definition) is 2. The first-order valence-corrected chi connectivity index (χ1v) is 8.95. The second-order valence-electron chi connectivity index (χ2n) is 5.63. The molecule has 0 aromatic carbocycles. The van der Waals surface area contributed by atoms with Crippen LogP contribution in [0.1, 0.15) is 57.8 Å². The summed E-state index contributed by atoms with van der Waals surface area (Å²) in [6, 6.07) is 0.507. The first-order chi connectivity index (χ1) is 8.68. The number of nitrogens with one attached hydrogen (secondary N) is 2. The molecule has 5 heteroatoms. The van der Waals surface area contributed by atoms with Crippen LogP contribution in [0.15, 0.2) is 0 Å². The fraction of sp³-hybridized carbons (Fsp3) is 1.00. The maximum Gasteiger partial charge on any atom is 0.214 e. The van der Waals surface area contributed by atoms with Crippen LogP contribution in [-0.2, 0) is 10.0 Å². The minimum atomic E-state index is -3.06. The summed E-state index contributed by atoms with van der Waals surface area (Å²) in [6.45, 7) is 1.68. The monoisotopic (exact) mass is 274 g/mol. The molecule has 0 aromatic heterocycles. The van der Waals surface area contributed by atoms with E-state index in [1.165, 1.54) is 25.7 Å². The summed E-state index contributed by atoms with van der Waals surface area (Å²) in [5.74, 6) is 0. The molecule has 0 spiro atoms. The van der Waals surface area contributed by atoms with Crippen LogP contribution < -0.4 is 10.0 Å². The Balaban J connectivity index is 1.70. The van der Waals surface area contributed by atoms with Crippen LogP contribution in [0.2, 0.25) is 0 Å². The van der Waals surface area contributed by atoms with Crippen LogP contribution in [0.4, 0.5) is 0 Å². The highest BCUT2D eigenvalue weighted by atomic mass is 32.2. The van der Waals surface area contributed by atoms with Gasteiger partial charge in [-0.3, -0.25) is 0 Å². The lowest BCUT2D eigenvalue weighted by Gasteiger charge is -2.25. The van der Waals surface area contributed by atoms with Crippen molar-refractivity contribution in [1.29, 1.82) is 0 Å². The number of hydrogen-bond acceptors (Lipinski definition) is 3. The zero-order valence-electron chi connectivity index (χ0n) is 11.2. The van der Waals surface area contributed by atoms with Crippen LogP contribution in [0.25, 0.3) is 0 Å². The fourth-order valence-corrected chi connectivity index (χ4v) is 4.63. The molecule has 1 aliphatic heterocycles. The van der Waals surface area contributed by atoms with E-state index in [4.69, 9.17) is 0 Å². The van der Waals surface area contributed by atoms with Gasteiger partial charge in [-0.15, -0.1) is 0 Å². The molecule has 2 aliphatic rings.